The molecule has 2 rings (SSSR count). The fourth-order valence-corrected chi connectivity index (χ4v) is 4.38. The number of rotatable bonds is 12. The number of likely N-dealkylation sites (tertiary alicyclic amines) is 1. The van der Waals surface area contributed by atoms with E-state index in [-0.39, 0.29) is 25.5 Å². The van der Waals surface area contributed by atoms with Crippen LogP contribution in [-0.4, -0.2) is 71.6 Å². The van der Waals surface area contributed by atoms with Crippen LogP contribution in [0, 0.1) is 11.3 Å². The quantitative estimate of drug-likeness (QED) is 0.218. The Hall–Kier alpha value is -3.96. The third-order valence-electron chi connectivity index (χ3n) is 6.45. The highest BCUT2D eigenvalue weighted by Gasteiger charge is 2.42. The van der Waals surface area contributed by atoms with E-state index in [2.05, 4.69) is 16.0 Å². The monoisotopic (exact) mass is 559 g/mol. The zero-order valence-electron chi connectivity index (χ0n) is 23.8. The Morgan fingerprint density at radius 1 is 1.05 bits per heavy atom. The van der Waals surface area contributed by atoms with Gasteiger partial charge in [-0.05, 0) is 36.2 Å². The van der Waals surface area contributed by atoms with Crippen LogP contribution in [-0.2, 0) is 35.3 Å². The number of nitrogens with zero attached hydrogens (tertiary/aromatic N) is 1. The molecule has 1 aromatic rings. The molecule has 5 N–H and O–H groups in total. The van der Waals surface area contributed by atoms with Crippen molar-refractivity contribution in [1.29, 1.82) is 0 Å². The molecule has 1 aliphatic rings. The summed E-state index contributed by atoms with van der Waals surface area (Å²) >= 11 is 0. The summed E-state index contributed by atoms with van der Waals surface area (Å²) in [5.74, 6) is -3.73. The Balaban J connectivity index is 2.03. The van der Waals surface area contributed by atoms with Gasteiger partial charge in [-0.25, -0.2) is 4.79 Å². The van der Waals surface area contributed by atoms with Gasteiger partial charge in [-0.2, -0.15) is 0 Å². The van der Waals surface area contributed by atoms with Crippen molar-refractivity contribution < 1.29 is 33.5 Å². The summed E-state index contributed by atoms with van der Waals surface area (Å²) in [6, 6.07) is 5.34. The van der Waals surface area contributed by atoms with E-state index in [1.54, 1.807) is 32.9 Å². The zero-order chi connectivity index (χ0) is 30.0. The molecule has 3 unspecified atom stereocenters. The molecule has 220 valence electrons. The third kappa shape index (κ3) is 9.65. The normalized spacial score (nSPS) is 16.6. The number of hydrogen-bond donors (Lipinski definition) is 4. The van der Waals surface area contributed by atoms with Crippen molar-refractivity contribution in [2.75, 3.05) is 13.1 Å². The van der Waals surface area contributed by atoms with Gasteiger partial charge < -0.3 is 31.3 Å². The number of Topliss-reactive ketones (excluding diaryl/α,β-unsaturated/α-hetero) is 1. The Morgan fingerprint density at radius 2 is 1.70 bits per heavy atom. The lowest BCUT2D eigenvalue weighted by atomic mass is 9.85. The van der Waals surface area contributed by atoms with Crippen LogP contribution >= 0.6 is 0 Å². The van der Waals surface area contributed by atoms with Gasteiger partial charge in [0.2, 0.25) is 17.6 Å². The molecule has 3 atom stereocenters. The highest BCUT2D eigenvalue weighted by Crippen LogP contribution is 2.26. The minimum absolute atomic E-state index is 0.00137. The molecule has 0 aliphatic carbocycles. The second-order valence-corrected chi connectivity index (χ2v) is 11.4. The molecule has 12 nitrogen and oxygen atoms in total. The maximum absolute atomic E-state index is 13.6. The summed E-state index contributed by atoms with van der Waals surface area (Å²) in [7, 11) is 0. The SMILES string of the molecule is CC(C)CC(NC(=O)C1CCCN1C(=O)C(NC(=O)NCC(=O)OCc1ccccc1)C(C)(C)C)C(=O)C(N)=O. The number of benzene rings is 1. The first kappa shape index (κ1) is 32.3. The number of hydrogen-bond acceptors (Lipinski definition) is 7. The largest absolute Gasteiger partial charge is 0.460 e. The van der Waals surface area contributed by atoms with Gasteiger partial charge in [-0.3, -0.25) is 24.0 Å². The van der Waals surface area contributed by atoms with Crippen molar-refractivity contribution in [2.24, 2.45) is 17.1 Å². The van der Waals surface area contributed by atoms with Gasteiger partial charge in [0.05, 0.1) is 6.04 Å². The lowest BCUT2D eigenvalue weighted by molar-refractivity contribution is -0.143. The van der Waals surface area contributed by atoms with Crippen molar-refractivity contribution in [3.63, 3.8) is 0 Å². The van der Waals surface area contributed by atoms with Crippen LogP contribution in [0.2, 0.25) is 0 Å². The molecule has 40 heavy (non-hydrogen) atoms. The second-order valence-electron chi connectivity index (χ2n) is 11.4. The minimum atomic E-state index is -1.14. The average molecular weight is 560 g/mol. The summed E-state index contributed by atoms with van der Waals surface area (Å²) in [4.78, 5) is 76.6. The molecule has 5 amide bonds. The number of amides is 5. The molecule has 0 saturated carbocycles. The van der Waals surface area contributed by atoms with Crippen LogP contribution in [0.1, 0.15) is 59.4 Å². The molecule has 0 aromatic heterocycles. The van der Waals surface area contributed by atoms with Crippen LogP contribution in [0.15, 0.2) is 30.3 Å². The van der Waals surface area contributed by atoms with E-state index in [1.807, 2.05) is 32.0 Å². The third-order valence-corrected chi connectivity index (χ3v) is 6.45. The van der Waals surface area contributed by atoms with Gasteiger partial charge in [0.15, 0.2) is 0 Å². The van der Waals surface area contributed by atoms with Crippen molar-refractivity contribution in [2.45, 2.75) is 78.6 Å². The lowest BCUT2D eigenvalue weighted by Crippen LogP contribution is -2.60. The molecule has 0 radical (unpaired) electrons. The second kappa shape index (κ2) is 14.4. The summed E-state index contributed by atoms with van der Waals surface area (Å²) in [5.41, 5.74) is 5.22. The van der Waals surface area contributed by atoms with E-state index in [4.69, 9.17) is 10.5 Å². The van der Waals surface area contributed by atoms with E-state index in [0.717, 1.165) is 5.56 Å². The minimum Gasteiger partial charge on any atom is -0.460 e. The highest BCUT2D eigenvalue weighted by atomic mass is 16.5. The molecule has 0 spiro atoms. The Kier molecular flexibility index (Phi) is 11.6. The van der Waals surface area contributed by atoms with E-state index >= 15 is 0 Å². The number of ether oxygens (including phenoxy) is 1. The summed E-state index contributed by atoms with van der Waals surface area (Å²) in [6.07, 6.45) is 1.11. The van der Waals surface area contributed by atoms with E-state index in [1.165, 1.54) is 4.90 Å². The first-order chi connectivity index (χ1) is 18.7. The predicted octanol–water partition coefficient (Wildman–Crippen LogP) is 1.02. The molecule has 1 aliphatic heterocycles. The molecule has 1 aromatic carbocycles. The van der Waals surface area contributed by atoms with Crippen molar-refractivity contribution >= 4 is 35.5 Å². The number of carbonyl (C=O) groups excluding carboxylic acids is 6. The number of urea groups is 1. The smallest absolute Gasteiger partial charge is 0.325 e. The average Bonchev–Trinajstić information content (AvgIpc) is 3.38. The molecule has 1 fully saturated rings. The molecule has 0 bridgehead atoms. The summed E-state index contributed by atoms with van der Waals surface area (Å²) in [6.45, 7) is 8.91. The standard InChI is InChI=1S/C28H41N5O7/c1-17(2)14-19(22(35)24(29)36)31-25(37)20-12-9-13-33(20)26(38)23(28(3,4)5)32-27(39)30-15-21(34)40-16-18-10-7-6-8-11-18/h6-8,10-11,17,19-20,23H,9,12-16H2,1-5H3,(H2,29,36)(H,31,37)(H2,30,32,39). The summed E-state index contributed by atoms with van der Waals surface area (Å²) in [5, 5.41) is 7.64. The Morgan fingerprint density at radius 3 is 2.27 bits per heavy atom. The van der Waals surface area contributed by atoms with Gasteiger partial charge in [0.25, 0.3) is 5.91 Å². The van der Waals surface area contributed by atoms with Gasteiger partial charge in [-0.1, -0.05) is 65.0 Å². The Labute approximate surface area is 234 Å². The predicted molar refractivity (Wildman–Crippen MR) is 146 cm³/mol. The number of esters is 1. The summed E-state index contributed by atoms with van der Waals surface area (Å²) < 4.78 is 5.15. The molecule has 1 heterocycles. The number of primary amides is 1. The molecule has 12 heteroatoms. The maximum Gasteiger partial charge on any atom is 0.325 e. The number of ketones is 1. The van der Waals surface area contributed by atoms with Crippen LogP contribution in [0.5, 0.6) is 0 Å². The zero-order valence-corrected chi connectivity index (χ0v) is 23.8. The van der Waals surface area contributed by atoms with Crippen molar-refractivity contribution in [3.8, 4) is 0 Å². The van der Waals surface area contributed by atoms with Crippen LogP contribution in [0.4, 0.5) is 4.79 Å². The van der Waals surface area contributed by atoms with E-state index in [0.29, 0.717) is 12.8 Å². The first-order valence-electron chi connectivity index (χ1n) is 13.4. The lowest BCUT2D eigenvalue weighted by Gasteiger charge is -2.35. The first-order valence-corrected chi connectivity index (χ1v) is 13.4. The topological polar surface area (TPSA) is 177 Å². The Bertz CT molecular complexity index is 1080. The molecule has 1 saturated heterocycles. The molecular weight excluding hydrogens is 518 g/mol. The van der Waals surface area contributed by atoms with Gasteiger partial charge in [0.1, 0.15) is 25.2 Å². The van der Waals surface area contributed by atoms with Crippen molar-refractivity contribution in [3.05, 3.63) is 35.9 Å². The van der Waals surface area contributed by atoms with Crippen LogP contribution in [0.25, 0.3) is 0 Å². The number of nitrogens with two attached hydrogens (primary N) is 1. The van der Waals surface area contributed by atoms with E-state index < -0.39 is 65.6 Å². The van der Waals surface area contributed by atoms with Gasteiger partial charge in [-0.15, -0.1) is 0 Å². The number of nitrogens with one attached hydrogen (secondary N) is 3. The van der Waals surface area contributed by atoms with Crippen LogP contribution in [0.3, 0.4) is 0 Å². The maximum atomic E-state index is 13.6. The van der Waals surface area contributed by atoms with Gasteiger partial charge >= 0.3 is 12.0 Å². The van der Waals surface area contributed by atoms with Gasteiger partial charge in [0, 0.05) is 6.54 Å². The fourth-order valence-electron chi connectivity index (χ4n) is 4.38. The van der Waals surface area contributed by atoms with Crippen molar-refractivity contribution in [1.82, 2.24) is 20.9 Å². The molecular formula is C28H41N5O7. The number of carbonyl (C=O) groups is 6. The highest BCUT2D eigenvalue weighted by molar-refractivity contribution is 6.37. The van der Waals surface area contributed by atoms with Crippen LogP contribution < -0.4 is 21.7 Å². The van der Waals surface area contributed by atoms with E-state index in [9.17, 15) is 28.8 Å². The fraction of sp³-hybridized carbons (Fsp3) is 0.571.